The zero-order valence-corrected chi connectivity index (χ0v) is 15.7. The highest BCUT2D eigenvalue weighted by molar-refractivity contribution is 5.96. The van der Waals surface area contributed by atoms with Gasteiger partial charge in [0.15, 0.2) is 0 Å². The number of rotatable bonds is 6. The Morgan fingerprint density at radius 2 is 1.57 bits per heavy atom. The van der Waals surface area contributed by atoms with Crippen molar-refractivity contribution in [1.29, 1.82) is 0 Å². The van der Waals surface area contributed by atoms with Crippen molar-refractivity contribution in [2.24, 2.45) is 5.92 Å². The number of carbonyl (C=O) groups is 3. The average Bonchev–Trinajstić information content (AvgIpc) is 2.69. The number of carbonyl (C=O) groups excluding carboxylic acids is 3. The average molecular weight is 386 g/mol. The highest BCUT2D eigenvalue weighted by atomic mass is 19.1. The van der Waals surface area contributed by atoms with Gasteiger partial charge in [0, 0.05) is 12.1 Å². The Morgan fingerprint density at radius 1 is 0.929 bits per heavy atom. The molecule has 0 aliphatic heterocycles. The van der Waals surface area contributed by atoms with Crippen LogP contribution in [0.15, 0.2) is 54.6 Å². The van der Waals surface area contributed by atoms with Gasteiger partial charge in [0.2, 0.25) is 0 Å². The van der Waals surface area contributed by atoms with Crippen LogP contribution >= 0.6 is 0 Å². The summed E-state index contributed by atoms with van der Waals surface area (Å²) < 4.78 is 12.9. The first-order valence-electron chi connectivity index (χ1n) is 8.81. The van der Waals surface area contributed by atoms with Crippen molar-refractivity contribution in [2.45, 2.75) is 26.4 Å². The Hall–Kier alpha value is -3.42. The molecule has 28 heavy (non-hydrogen) atoms. The lowest BCUT2D eigenvalue weighted by Crippen LogP contribution is -2.55. The van der Waals surface area contributed by atoms with Gasteiger partial charge < -0.3 is 10.6 Å². The third-order valence-corrected chi connectivity index (χ3v) is 3.94. The molecule has 2 aromatic rings. The standard InChI is InChI=1S/C20H23FN4O3/c1-13(2)17(23-20(28)22-12-14-6-4-3-5-7-14)19(27)25-24-18(26)15-8-10-16(21)11-9-15/h3-11,13,17H,12H2,1-2H3,(H,24,26)(H,25,27)(H2,22,23,28). The van der Waals surface area contributed by atoms with Crippen LogP contribution < -0.4 is 21.5 Å². The summed E-state index contributed by atoms with van der Waals surface area (Å²) in [5, 5.41) is 5.28. The molecule has 1 atom stereocenters. The predicted octanol–water partition coefficient (Wildman–Crippen LogP) is 2.11. The summed E-state index contributed by atoms with van der Waals surface area (Å²) in [6, 6.07) is 12.9. The first kappa shape index (κ1) is 20.9. The molecule has 148 valence electrons. The maximum atomic E-state index is 12.9. The first-order chi connectivity index (χ1) is 13.4. The lowest BCUT2D eigenvalue weighted by Gasteiger charge is -2.22. The van der Waals surface area contributed by atoms with Crippen molar-refractivity contribution < 1.29 is 18.8 Å². The third-order valence-electron chi connectivity index (χ3n) is 3.94. The van der Waals surface area contributed by atoms with Crippen molar-refractivity contribution in [3.8, 4) is 0 Å². The minimum atomic E-state index is -0.857. The van der Waals surface area contributed by atoms with E-state index in [2.05, 4.69) is 21.5 Å². The van der Waals surface area contributed by atoms with Gasteiger partial charge >= 0.3 is 6.03 Å². The molecule has 0 aliphatic carbocycles. The molecule has 4 amide bonds. The summed E-state index contributed by atoms with van der Waals surface area (Å²) in [4.78, 5) is 36.4. The van der Waals surface area contributed by atoms with E-state index in [1.54, 1.807) is 13.8 Å². The summed E-state index contributed by atoms with van der Waals surface area (Å²) in [5.41, 5.74) is 5.65. The lowest BCUT2D eigenvalue weighted by molar-refractivity contribution is -0.124. The molecular weight excluding hydrogens is 363 g/mol. The normalized spacial score (nSPS) is 11.4. The van der Waals surface area contributed by atoms with Gasteiger partial charge in [-0.1, -0.05) is 44.2 Å². The molecule has 2 aromatic carbocycles. The van der Waals surface area contributed by atoms with E-state index < -0.39 is 29.7 Å². The van der Waals surface area contributed by atoms with Crippen molar-refractivity contribution in [3.63, 3.8) is 0 Å². The zero-order valence-electron chi connectivity index (χ0n) is 15.7. The van der Waals surface area contributed by atoms with E-state index in [0.29, 0.717) is 6.54 Å². The summed E-state index contributed by atoms with van der Waals surface area (Å²) in [7, 11) is 0. The SMILES string of the molecule is CC(C)C(NC(=O)NCc1ccccc1)C(=O)NNC(=O)c1ccc(F)cc1. The molecule has 0 saturated heterocycles. The summed E-state index contributed by atoms with van der Waals surface area (Å²) >= 11 is 0. The van der Waals surface area contributed by atoms with E-state index in [1.807, 2.05) is 30.3 Å². The van der Waals surface area contributed by atoms with Crippen LogP contribution in [0.25, 0.3) is 0 Å². The second-order valence-corrected chi connectivity index (χ2v) is 6.48. The Bertz CT molecular complexity index is 810. The molecule has 0 bridgehead atoms. The highest BCUT2D eigenvalue weighted by Gasteiger charge is 2.24. The van der Waals surface area contributed by atoms with Gasteiger partial charge in [-0.2, -0.15) is 0 Å². The largest absolute Gasteiger partial charge is 0.334 e. The van der Waals surface area contributed by atoms with Gasteiger partial charge in [0.1, 0.15) is 11.9 Å². The van der Waals surface area contributed by atoms with E-state index in [1.165, 1.54) is 12.1 Å². The Kier molecular flexibility index (Phi) is 7.50. The van der Waals surface area contributed by atoms with Crippen molar-refractivity contribution >= 4 is 17.8 Å². The minimum absolute atomic E-state index is 0.191. The smallest absolute Gasteiger partial charge is 0.315 e. The minimum Gasteiger partial charge on any atom is -0.334 e. The summed E-state index contributed by atoms with van der Waals surface area (Å²) in [6.45, 7) is 3.85. The molecule has 0 radical (unpaired) electrons. The highest BCUT2D eigenvalue weighted by Crippen LogP contribution is 2.04. The molecule has 0 aliphatic rings. The molecular formula is C20H23FN4O3. The number of nitrogens with one attached hydrogen (secondary N) is 4. The molecule has 0 fully saturated rings. The Morgan fingerprint density at radius 3 is 2.18 bits per heavy atom. The molecule has 2 rings (SSSR count). The monoisotopic (exact) mass is 386 g/mol. The quantitative estimate of drug-likeness (QED) is 0.572. The van der Waals surface area contributed by atoms with E-state index in [9.17, 15) is 18.8 Å². The topological polar surface area (TPSA) is 99.3 Å². The zero-order chi connectivity index (χ0) is 20.5. The van der Waals surface area contributed by atoms with E-state index in [-0.39, 0.29) is 11.5 Å². The van der Waals surface area contributed by atoms with Crippen molar-refractivity contribution in [3.05, 3.63) is 71.5 Å². The van der Waals surface area contributed by atoms with Crippen molar-refractivity contribution in [2.75, 3.05) is 0 Å². The maximum Gasteiger partial charge on any atom is 0.315 e. The molecule has 0 aromatic heterocycles. The van der Waals surface area contributed by atoms with Gasteiger partial charge in [-0.25, -0.2) is 9.18 Å². The molecule has 4 N–H and O–H groups in total. The molecule has 0 spiro atoms. The fourth-order valence-electron chi connectivity index (χ4n) is 2.37. The van der Waals surface area contributed by atoms with Crippen LogP contribution in [0, 0.1) is 11.7 Å². The second kappa shape index (κ2) is 10.1. The van der Waals surface area contributed by atoms with Gasteiger partial charge in [-0.05, 0) is 35.7 Å². The molecule has 8 heteroatoms. The fourth-order valence-corrected chi connectivity index (χ4v) is 2.37. The lowest BCUT2D eigenvalue weighted by atomic mass is 10.0. The number of hydrogen-bond donors (Lipinski definition) is 4. The van der Waals surface area contributed by atoms with Crippen LogP contribution in [-0.4, -0.2) is 23.9 Å². The van der Waals surface area contributed by atoms with E-state index >= 15 is 0 Å². The van der Waals surface area contributed by atoms with Crippen LogP contribution in [0.4, 0.5) is 9.18 Å². The van der Waals surface area contributed by atoms with E-state index in [0.717, 1.165) is 17.7 Å². The van der Waals surface area contributed by atoms with Gasteiger partial charge in [0.25, 0.3) is 11.8 Å². The number of urea groups is 1. The van der Waals surface area contributed by atoms with Crippen LogP contribution in [0.1, 0.15) is 29.8 Å². The van der Waals surface area contributed by atoms with Crippen LogP contribution in [-0.2, 0) is 11.3 Å². The predicted molar refractivity (Wildman–Crippen MR) is 102 cm³/mol. The molecule has 1 unspecified atom stereocenters. The fraction of sp³-hybridized carbons (Fsp3) is 0.250. The number of halogens is 1. The number of hydrazine groups is 1. The van der Waals surface area contributed by atoms with Crippen molar-refractivity contribution in [1.82, 2.24) is 21.5 Å². The van der Waals surface area contributed by atoms with Crippen LogP contribution in [0.3, 0.4) is 0 Å². The third kappa shape index (κ3) is 6.39. The van der Waals surface area contributed by atoms with Gasteiger partial charge in [0.05, 0.1) is 0 Å². The van der Waals surface area contributed by atoms with Gasteiger partial charge in [-0.15, -0.1) is 0 Å². The maximum absolute atomic E-state index is 12.9. The molecule has 0 heterocycles. The van der Waals surface area contributed by atoms with Gasteiger partial charge in [-0.3, -0.25) is 20.4 Å². The summed E-state index contributed by atoms with van der Waals surface area (Å²) in [5.74, 6) is -1.85. The Labute approximate surface area is 162 Å². The molecule has 0 saturated carbocycles. The first-order valence-corrected chi connectivity index (χ1v) is 8.81. The Balaban J connectivity index is 1.85. The second-order valence-electron chi connectivity index (χ2n) is 6.48. The van der Waals surface area contributed by atoms with Crippen LogP contribution in [0.5, 0.6) is 0 Å². The number of amides is 4. The molecule has 7 nitrogen and oxygen atoms in total. The number of hydrogen-bond acceptors (Lipinski definition) is 3. The van der Waals surface area contributed by atoms with E-state index in [4.69, 9.17) is 0 Å². The summed E-state index contributed by atoms with van der Waals surface area (Å²) in [6.07, 6.45) is 0. The van der Waals surface area contributed by atoms with Crippen LogP contribution in [0.2, 0.25) is 0 Å². The number of benzene rings is 2.